The van der Waals surface area contributed by atoms with Crippen LogP contribution in [0.2, 0.25) is 0 Å². The normalized spacial score (nSPS) is 20.9. The van der Waals surface area contributed by atoms with Crippen LogP contribution in [-0.2, 0) is 0 Å². The molecule has 0 bridgehead atoms. The predicted molar refractivity (Wildman–Crippen MR) is 48.7 cm³/mol. The molecule has 0 spiro atoms. The van der Waals surface area contributed by atoms with Crippen LogP contribution in [0.1, 0.15) is 0 Å². The van der Waals surface area contributed by atoms with Gasteiger partial charge >= 0.3 is 6.03 Å². The Balaban J connectivity index is 2.56. The second kappa shape index (κ2) is 2.63. The van der Waals surface area contributed by atoms with E-state index in [4.69, 9.17) is 0 Å². The van der Waals surface area contributed by atoms with Crippen molar-refractivity contribution in [2.75, 3.05) is 5.32 Å². The van der Waals surface area contributed by atoms with E-state index in [1.54, 1.807) is 18.2 Å². The number of carbonyl (C=O) groups is 1. The summed E-state index contributed by atoms with van der Waals surface area (Å²) in [5.74, 6) is 0. The summed E-state index contributed by atoms with van der Waals surface area (Å²) in [6, 6.07) is 5.74. The van der Waals surface area contributed by atoms with Crippen LogP contribution in [-0.4, -0.2) is 15.1 Å². The first kappa shape index (κ1) is 8.36. The Morgan fingerprint density at radius 1 is 1.31 bits per heavy atom. The maximum absolute atomic E-state index is 10.9. The van der Waals surface area contributed by atoms with Crippen LogP contribution in [0.15, 0.2) is 29.2 Å². The van der Waals surface area contributed by atoms with Crippen molar-refractivity contribution >= 4 is 22.5 Å². The number of fused-ring (bicyclic) bond motifs is 1. The second-order valence-electron chi connectivity index (χ2n) is 2.54. The largest absolute Gasteiger partial charge is 0.361 e. The highest BCUT2D eigenvalue weighted by atomic mass is 32.3. The summed E-state index contributed by atoms with van der Waals surface area (Å²) in [6.45, 7) is 0. The van der Waals surface area contributed by atoms with Crippen molar-refractivity contribution < 1.29 is 13.9 Å². The number of amides is 2. The van der Waals surface area contributed by atoms with E-state index < -0.39 is 16.8 Å². The van der Waals surface area contributed by atoms with Crippen LogP contribution in [0, 0.1) is 0 Å². The minimum atomic E-state index is -3.28. The molecule has 1 heterocycles. The Morgan fingerprint density at radius 2 is 2.00 bits per heavy atom. The fraction of sp³-hybridized carbons (Fsp3) is 0. The Labute approximate surface area is 76.3 Å². The lowest BCUT2D eigenvalue weighted by Crippen LogP contribution is -2.30. The molecule has 1 aromatic carbocycles. The Hall–Kier alpha value is -1.24. The average molecular weight is 199 g/mol. The van der Waals surface area contributed by atoms with Gasteiger partial charge in [0.2, 0.25) is 0 Å². The molecule has 69 valence electrons. The van der Waals surface area contributed by atoms with Gasteiger partial charge in [0.05, 0.1) is 5.69 Å². The van der Waals surface area contributed by atoms with Gasteiger partial charge < -0.3 is 5.32 Å². The Morgan fingerprint density at radius 3 is 2.77 bits per heavy atom. The number of para-hydroxylation sites is 1. The minimum Gasteiger partial charge on any atom is -0.303 e. The zero-order chi connectivity index (χ0) is 9.47. The molecule has 6 heteroatoms. The molecule has 2 amide bonds. The summed E-state index contributed by atoms with van der Waals surface area (Å²) in [7, 11) is -3.28. The smallest absolute Gasteiger partial charge is 0.303 e. The highest BCUT2D eigenvalue weighted by Crippen LogP contribution is 2.51. The molecule has 0 unspecified atom stereocenters. The maximum atomic E-state index is 10.9. The molecule has 13 heavy (non-hydrogen) atoms. The second-order valence-corrected chi connectivity index (χ2v) is 4.20. The van der Waals surface area contributed by atoms with Gasteiger partial charge in [-0.15, -0.1) is 0 Å². The van der Waals surface area contributed by atoms with E-state index in [0.717, 1.165) is 0 Å². The van der Waals surface area contributed by atoms with E-state index in [-0.39, 0.29) is 4.90 Å². The molecule has 1 aromatic rings. The monoisotopic (exact) mass is 199 g/mol. The van der Waals surface area contributed by atoms with Gasteiger partial charge in [0.15, 0.2) is 0 Å². The Kier molecular flexibility index (Phi) is 1.69. The van der Waals surface area contributed by atoms with E-state index in [0.29, 0.717) is 5.69 Å². The summed E-state index contributed by atoms with van der Waals surface area (Å²) in [6.07, 6.45) is 0. The topological polar surface area (TPSA) is 83.7 Å². The third-order valence-electron chi connectivity index (χ3n) is 1.63. The van der Waals surface area contributed by atoms with E-state index in [9.17, 15) is 13.9 Å². The first-order valence-electron chi connectivity index (χ1n) is 3.51. The quantitative estimate of drug-likeness (QED) is 0.596. The fourth-order valence-corrected chi connectivity index (χ4v) is 2.16. The highest BCUT2D eigenvalue weighted by molar-refractivity contribution is 8.23. The van der Waals surface area contributed by atoms with Gasteiger partial charge in [-0.2, -0.15) is 0 Å². The molecule has 0 aliphatic carbocycles. The number of hydrogen-bond acceptors (Lipinski definition) is 3. The average Bonchev–Trinajstić information content (AvgIpc) is 2.02. The van der Waals surface area contributed by atoms with Crippen molar-refractivity contribution in [2.24, 2.45) is 0 Å². The Bertz CT molecular complexity index is 367. The number of carbonyl (C=O) groups excluding carboxylic acids is 1. The van der Waals surface area contributed by atoms with Gasteiger partial charge in [0.1, 0.15) is 4.90 Å². The van der Waals surface area contributed by atoms with Crippen molar-refractivity contribution in [3.63, 3.8) is 0 Å². The maximum Gasteiger partial charge on any atom is 0.361 e. The first-order chi connectivity index (χ1) is 6.09. The SMILES string of the molecule is O=C1[N]S(O)(O)c2ccccc2N1. The van der Waals surface area contributed by atoms with Crippen molar-refractivity contribution in [3.05, 3.63) is 24.3 Å². The highest BCUT2D eigenvalue weighted by Gasteiger charge is 2.29. The first-order valence-corrected chi connectivity index (χ1v) is 5.01. The van der Waals surface area contributed by atoms with Crippen molar-refractivity contribution in [1.82, 2.24) is 4.72 Å². The third kappa shape index (κ3) is 1.35. The number of nitrogens with one attached hydrogen (secondary N) is 1. The number of urea groups is 1. The molecule has 3 N–H and O–H groups in total. The fourth-order valence-electron chi connectivity index (χ4n) is 1.11. The number of benzene rings is 1. The van der Waals surface area contributed by atoms with Crippen LogP contribution in [0.4, 0.5) is 10.5 Å². The van der Waals surface area contributed by atoms with Crippen LogP contribution >= 0.6 is 10.8 Å². The molecular weight excluding hydrogens is 192 g/mol. The lowest BCUT2D eigenvalue weighted by atomic mass is 10.3. The molecule has 0 aromatic heterocycles. The summed E-state index contributed by atoms with van der Waals surface area (Å²) in [5, 5.41) is 2.41. The minimum absolute atomic E-state index is 0.259. The lowest BCUT2D eigenvalue weighted by Gasteiger charge is -2.34. The molecule has 0 saturated carbocycles. The van der Waals surface area contributed by atoms with Crippen molar-refractivity contribution in [1.29, 1.82) is 0 Å². The van der Waals surface area contributed by atoms with Gasteiger partial charge in [-0.1, -0.05) is 27.6 Å². The summed E-state index contributed by atoms with van der Waals surface area (Å²) < 4.78 is 22.0. The molecule has 1 radical (unpaired) electrons. The van der Waals surface area contributed by atoms with E-state index >= 15 is 0 Å². The third-order valence-corrected chi connectivity index (χ3v) is 3.00. The molecule has 2 rings (SSSR count). The lowest BCUT2D eigenvalue weighted by molar-refractivity contribution is 0.254. The van der Waals surface area contributed by atoms with Gasteiger partial charge in [-0.25, -0.2) is 4.79 Å². The zero-order valence-corrected chi connectivity index (χ0v) is 7.28. The molecule has 5 nitrogen and oxygen atoms in total. The van der Waals surface area contributed by atoms with Crippen LogP contribution in [0.3, 0.4) is 0 Å². The summed E-state index contributed by atoms with van der Waals surface area (Å²) in [4.78, 5) is 11.1. The number of anilines is 1. The van der Waals surface area contributed by atoms with Crippen LogP contribution in [0.25, 0.3) is 0 Å². The molecule has 1 aliphatic rings. The van der Waals surface area contributed by atoms with Gasteiger partial charge in [-0.05, 0) is 12.1 Å². The van der Waals surface area contributed by atoms with E-state index in [1.165, 1.54) is 6.07 Å². The summed E-state index contributed by atoms with van der Waals surface area (Å²) in [5.41, 5.74) is 0.405. The van der Waals surface area contributed by atoms with Crippen molar-refractivity contribution in [3.8, 4) is 0 Å². The van der Waals surface area contributed by atoms with Gasteiger partial charge in [0.25, 0.3) is 0 Å². The predicted octanol–water partition coefficient (Wildman–Crippen LogP) is 1.86. The standard InChI is InChI=1S/C7H7N2O3S/c10-7-8-5-3-1-2-4-6(5)13(11,12)9-7/h1-4,11-12H,(H,8,10). The van der Waals surface area contributed by atoms with Gasteiger partial charge in [-0.3, -0.25) is 9.11 Å². The zero-order valence-electron chi connectivity index (χ0n) is 6.47. The molecule has 0 fully saturated rings. The molecular formula is C7H7N2O3S. The van der Waals surface area contributed by atoms with E-state index in [1.807, 2.05) is 0 Å². The molecule has 1 aliphatic heterocycles. The van der Waals surface area contributed by atoms with Crippen LogP contribution < -0.4 is 10.0 Å². The number of rotatable bonds is 0. The number of nitrogens with zero attached hydrogens (tertiary/aromatic N) is 1. The summed E-state index contributed by atoms with van der Waals surface area (Å²) >= 11 is 0. The van der Waals surface area contributed by atoms with Crippen molar-refractivity contribution in [2.45, 2.75) is 4.90 Å². The van der Waals surface area contributed by atoms with Crippen LogP contribution in [0.5, 0.6) is 0 Å². The number of hydrogen-bond donors (Lipinski definition) is 3. The van der Waals surface area contributed by atoms with E-state index in [2.05, 4.69) is 10.0 Å². The molecule has 0 saturated heterocycles. The van der Waals surface area contributed by atoms with Gasteiger partial charge in [0, 0.05) is 0 Å². The molecule has 0 atom stereocenters.